The third-order valence-electron chi connectivity index (χ3n) is 5.95. The van der Waals surface area contributed by atoms with Gasteiger partial charge in [-0.05, 0) is 70.3 Å². The summed E-state index contributed by atoms with van der Waals surface area (Å²) in [6.45, 7) is 5.06. The molecule has 1 aliphatic rings. The Kier molecular flexibility index (Phi) is 6.54. The van der Waals surface area contributed by atoms with Crippen LogP contribution in [0.5, 0.6) is 5.88 Å². The molecule has 2 aromatic heterocycles. The predicted molar refractivity (Wildman–Crippen MR) is 119 cm³/mol. The number of hydrogen-bond donors (Lipinski definition) is 1. The zero-order chi connectivity index (χ0) is 21.1. The lowest BCUT2D eigenvalue weighted by molar-refractivity contribution is 0.205. The standard InChI is InChI=1S/C23H28ClFN4O/c1-15-14-26-22(30-10-4-3-5-16-6-8-29(2)9-7-16)11-17(15)23-27-20-12-18(24)19(25)13-21(20)28-23/h11-14,16H,3-10H2,1-2H3,(H,27,28). The number of hydrogen-bond acceptors (Lipinski definition) is 4. The van der Waals surface area contributed by atoms with Gasteiger partial charge in [-0.25, -0.2) is 14.4 Å². The highest BCUT2D eigenvalue weighted by Crippen LogP contribution is 2.28. The van der Waals surface area contributed by atoms with Crippen molar-refractivity contribution in [3.63, 3.8) is 0 Å². The van der Waals surface area contributed by atoms with Crippen LogP contribution in [0.1, 0.15) is 37.7 Å². The Morgan fingerprint density at radius 3 is 2.83 bits per heavy atom. The van der Waals surface area contributed by atoms with Gasteiger partial charge in [0.2, 0.25) is 5.88 Å². The van der Waals surface area contributed by atoms with Gasteiger partial charge in [0.05, 0.1) is 22.7 Å². The second kappa shape index (κ2) is 9.31. The minimum absolute atomic E-state index is 0.0660. The van der Waals surface area contributed by atoms with Crippen LogP contribution >= 0.6 is 11.6 Å². The van der Waals surface area contributed by atoms with Gasteiger partial charge in [0, 0.05) is 23.9 Å². The van der Waals surface area contributed by atoms with Gasteiger partial charge >= 0.3 is 0 Å². The van der Waals surface area contributed by atoms with Crippen molar-refractivity contribution in [2.24, 2.45) is 5.92 Å². The third kappa shape index (κ3) is 4.93. The number of nitrogens with zero attached hydrogens (tertiary/aromatic N) is 3. The SMILES string of the molecule is Cc1cnc(OCCCCC2CCN(C)CC2)cc1-c1nc2cc(Cl)c(F)cc2[nH]1. The van der Waals surface area contributed by atoms with E-state index in [4.69, 9.17) is 16.3 Å². The molecule has 30 heavy (non-hydrogen) atoms. The summed E-state index contributed by atoms with van der Waals surface area (Å²) in [6.07, 6.45) is 7.90. The first-order valence-electron chi connectivity index (χ1n) is 10.6. The Morgan fingerprint density at radius 2 is 2.03 bits per heavy atom. The molecule has 1 aromatic carbocycles. The van der Waals surface area contributed by atoms with E-state index in [-0.39, 0.29) is 5.02 Å². The van der Waals surface area contributed by atoms with E-state index in [1.54, 1.807) is 6.20 Å². The monoisotopic (exact) mass is 430 g/mol. The minimum atomic E-state index is -0.463. The molecule has 3 heterocycles. The molecule has 0 atom stereocenters. The maximum Gasteiger partial charge on any atom is 0.213 e. The van der Waals surface area contributed by atoms with Gasteiger partial charge in [0.1, 0.15) is 11.6 Å². The van der Waals surface area contributed by atoms with Crippen LogP contribution in [0.25, 0.3) is 22.4 Å². The number of likely N-dealkylation sites (tertiary alicyclic amines) is 1. The van der Waals surface area contributed by atoms with Crippen LogP contribution in [0.2, 0.25) is 5.02 Å². The molecule has 1 N–H and O–H groups in total. The minimum Gasteiger partial charge on any atom is -0.478 e. The molecule has 0 amide bonds. The molecule has 0 saturated carbocycles. The van der Waals surface area contributed by atoms with Gasteiger partial charge < -0.3 is 14.6 Å². The largest absolute Gasteiger partial charge is 0.478 e. The van der Waals surface area contributed by atoms with Crippen molar-refractivity contribution in [1.82, 2.24) is 19.9 Å². The zero-order valence-corrected chi connectivity index (χ0v) is 18.3. The number of benzene rings is 1. The number of aromatic amines is 1. The summed E-state index contributed by atoms with van der Waals surface area (Å²) >= 11 is 5.88. The van der Waals surface area contributed by atoms with Crippen LogP contribution in [-0.4, -0.2) is 46.6 Å². The highest BCUT2D eigenvalue weighted by atomic mass is 35.5. The zero-order valence-electron chi connectivity index (χ0n) is 17.5. The van der Waals surface area contributed by atoms with E-state index in [0.717, 1.165) is 23.5 Å². The van der Waals surface area contributed by atoms with E-state index in [1.807, 2.05) is 13.0 Å². The predicted octanol–water partition coefficient (Wildman–Crippen LogP) is 5.62. The van der Waals surface area contributed by atoms with Crippen molar-refractivity contribution in [3.05, 3.63) is 40.8 Å². The summed E-state index contributed by atoms with van der Waals surface area (Å²) < 4.78 is 19.6. The molecule has 1 aliphatic heterocycles. The van der Waals surface area contributed by atoms with Gasteiger partial charge in [0.15, 0.2) is 0 Å². The maximum atomic E-state index is 13.7. The lowest BCUT2D eigenvalue weighted by atomic mass is 9.92. The number of aromatic nitrogens is 3. The molecule has 3 aromatic rings. The number of H-pyrrole nitrogens is 1. The summed E-state index contributed by atoms with van der Waals surface area (Å²) in [6, 6.07) is 4.79. The fourth-order valence-electron chi connectivity index (χ4n) is 4.03. The van der Waals surface area contributed by atoms with Crippen LogP contribution in [0.4, 0.5) is 4.39 Å². The molecule has 1 saturated heterocycles. The molecule has 0 spiro atoms. The number of piperidine rings is 1. The van der Waals surface area contributed by atoms with Gasteiger partial charge in [-0.15, -0.1) is 0 Å². The number of unbranched alkanes of at least 4 members (excludes halogenated alkanes) is 1. The van der Waals surface area contributed by atoms with E-state index in [1.165, 1.54) is 50.9 Å². The van der Waals surface area contributed by atoms with E-state index >= 15 is 0 Å². The quantitative estimate of drug-likeness (QED) is 0.494. The van der Waals surface area contributed by atoms with E-state index in [2.05, 4.69) is 26.9 Å². The molecular formula is C23H28ClFN4O. The first-order chi connectivity index (χ1) is 14.5. The van der Waals surface area contributed by atoms with Gasteiger partial charge in [-0.2, -0.15) is 0 Å². The summed E-state index contributed by atoms with van der Waals surface area (Å²) in [7, 11) is 2.20. The third-order valence-corrected chi connectivity index (χ3v) is 6.24. The number of pyridine rings is 1. The normalized spacial score (nSPS) is 15.7. The smallest absolute Gasteiger partial charge is 0.213 e. The second-order valence-electron chi connectivity index (χ2n) is 8.30. The average molecular weight is 431 g/mol. The Balaban J connectivity index is 1.35. The number of aryl methyl sites for hydroxylation is 1. The molecule has 0 unspecified atom stereocenters. The number of halogens is 2. The maximum absolute atomic E-state index is 13.7. The number of ether oxygens (including phenoxy) is 1. The number of fused-ring (bicyclic) bond motifs is 1. The molecule has 4 rings (SSSR count). The lowest BCUT2D eigenvalue weighted by Gasteiger charge is -2.28. The summed E-state index contributed by atoms with van der Waals surface area (Å²) in [5, 5.41) is 0.0660. The van der Waals surface area contributed by atoms with Crippen LogP contribution in [-0.2, 0) is 0 Å². The fraction of sp³-hybridized carbons (Fsp3) is 0.478. The molecule has 5 nitrogen and oxygen atoms in total. The van der Waals surface area contributed by atoms with Crippen molar-refractivity contribution in [3.8, 4) is 17.3 Å². The summed E-state index contributed by atoms with van der Waals surface area (Å²) in [5.41, 5.74) is 3.10. The van der Waals surface area contributed by atoms with E-state index in [9.17, 15) is 4.39 Å². The Labute approximate surface area is 181 Å². The Bertz CT molecular complexity index is 975. The van der Waals surface area contributed by atoms with Crippen LogP contribution in [0.3, 0.4) is 0 Å². The number of imidazole rings is 1. The highest BCUT2D eigenvalue weighted by Gasteiger charge is 2.16. The molecule has 0 radical (unpaired) electrons. The van der Waals surface area contributed by atoms with Crippen molar-refractivity contribution in [1.29, 1.82) is 0 Å². The van der Waals surface area contributed by atoms with E-state index < -0.39 is 5.82 Å². The lowest BCUT2D eigenvalue weighted by Crippen LogP contribution is -2.30. The molecule has 160 valence electrons. The summed E-state index contributed by atoms with van der Waals surface area (Å²) in [5.74, 6) is 1.63. The van der Waals surface area contributed by atoms with Crippen molar-refractivity contribution in [2.45, 2.75) is 39.0 Å². The van der Waals surface area contributed by atoms with E-state index in [0.29, 0.717) is 29.3 Å². The molecule has 1 fully saturated rings. The van der Waals surface area contributed by atoms with Gasteiger partial charge in [-0.1, -0.05) is 18.0 Å². The Hall–Kier alpha value is -2.18. The van der Waals surface area contributed by atoms with Crippen LogP contribution < -0.4 is 4.74 Å². The van der Waals surface area contributed by atoms with Crippen molar-refractivity contribution in [2.75, 3.05) is 26.7 Å². The van der Waals surface area contributed by atoms with Crippen LogP contribution in [0.15, 0.2) is 24.4 Å². The highest BCUT2D eigenvalue weighted by molar-refractivity contribution is 6.31. The molecule has 0 bridgehead atoms. The first-order valence-corrected chi connectivity index (χ1v) is 11.0. The molecule has 0 aliphatic carbocycles. The number of rotatable bonds is 7. The van der Waals surface area contributed by atoms with Gasteiger partial charge in [-0.3, -0.25) is 0 Å². The molecule has 7 heteroatoms. The van der Waals surface area contributed by atoms with Crippen molar-refractivity contribution >= 4 is 22.6 Å². The average Bonchev–Trinajstić information content (AvgIpc) is 3.13. The summed E-state index contributed by atoms with van der Waals surface area (Å²) in [4.78, 5) is 14.5. The van der Waals surface area contributed by atoms with Gasteiger partial charge in [0.25, 0.3) is 0 Å². The topological polar surface area (TPSA) is 54.0 Å². The fourth-order valence-corrected chi connectivity index (χ4v) is 4.19. The number of nitrogens with one attached hydrogen (secondary N) is 1. The second-order valence-corrected chi connectivity index (χ2v) is 8.70. The first kappa shape index (κ1) is 21.1. The Morgan fingerprint density at radius 1 is 1.23 bits per heavy atom. The molecular weight excluding hydrogens is 403 g/mol. The van der Waals surface area contributed by atoms with Crippen LogP contribution in [0, 0.1) is 18.7 Å². The van der Waals surface area contributed by atoms with Crippen molar-refractivity contribution < 1.29 is 9.13 Å².